The number of aliphatic imine (C=N–C) groups is 1. The molecular weight excluding hydrogens is 202 g/mol. The number of rotatable bonds is 4. The summed E-state index contributed by atoms with van der Waals surface area (Å²) in [6.45, 7) is 3.23. The Morgan fingerprint density at radius 2 is 1.81 bits per heavy atom. The van der Waals surface area contributed by atoms with Crippen LogP contribution in [-0.2, 0) is 4.79 Å². The number of nitrogens with one attached hydrogen (secondary N) is 1. The van der Waals surface area contributed by atoms with Crippen LogP contribution in [-0.4, -0.2) is 24.3 Å². The topological polar surface area (TPSA) is 53.8 Å². The lowest BCUT2D eigenvalue weighted by Gasteiger charge is -2.03. The number of carbonyl (C=O) groups is 1. The minimum atomic E-state index is -0.105. The van der Waals surface area contributed by atoms with Crippen molar-refractivity contribution in [1.82, 2.24) is 0 Å². The van der Waals surface area contributed by atoms with E-state index in [0.717, 1.165) is 5.69 Å². The molecule has 0 saturated carbocycles. The predicted octanol–water partition coefficient (Wildman–Crippen LogP) is 2.13. The van der Waals surface area contributed by atoms with Crippen molar-refractivity contribution in [3.05, 3.63) is 30.3 Å². The van der Waals surface area contributed by atoms with Crippen LogP contribution in [0.1, 0.15) is 13.8 Å². The molecule has 0 spiro atoms. The lowest BCUT2D eigenvalue weighted by Crippen LogP contribution is -2.20. The Kier molecular flexibility index (Phi) is 4.39. The van der Waals surface area contributed by atoms with Gasteiger partial charge in [-0.3, -0.25) is 15.2 Å². The molecule has 4 nitrogen and oxygen atoms in total. The van der Waals surface area contributed by atoms with E-state index in [2.05, 4.69) is 15.5 Å². The molecule has 0 aliphatic heterocycles. The fourth-order valence-electron chi connectivity index (χ4n) is 1.15. The number of hydrazone groups is 1. The predicted molar refractivity (Wildman–Crippen MR) is 67.2 cm³/mol. The molecule has 0 aromatic heterocycles. The zero-order valence-corrected chi connectivity index (χ0v) is 9.69. The summed E-state index contributed by atoms with van der Waals surface area (Å²) in [5, 5.41) is 4.05. The van der Waals surface area contributed by atoms with Gasteiger partial charge in [-0.15, -0.1) is 0 Å². The molecule has 1 aromatic carbocycles. The Morgan fingerprint density at radius 3 is 2.31 bits per heavy atom. The lowest BCUT2D eigenvalue weighted by atomic mass is 10.2. The van der Waals surface area contributed by atoms with Crippen molar-refractivity contribution in [2.75, 3.05) is 12.5 Å². The SMILES string of the molecule is CN=C(C)/C(=N\Nc1ccccc1)C(C)=O. The van der Waals surface area contributed by atoms with E-state index in [1.807, 2.05) is 30.3 Å². The van der Waals surface area contributed by atoms with Gasteiger partial charge in [0.15, 0.2) is 5.78 Å². The van der Waals surface area contributed by atoms with E-state index < -0.39 is 0 Å². The summed E-state index contributed by atoms with van der Waals surface area (Å²) >= 11 is 0. The number of hydrogen-bond donors (Lipinski definition) is 1. The first kappa shape index (κ1) is 12.1. The van der Waals surface area contributed by atoms with Crippen molar-refractivity contribution in [2.24, 2.45) is 10.1 Å². The van der Waals surface area contributed by atoms with E-state index in [0.29, 0.717) is 11.4 Å². The third-order valence-corrected chi connectivity index (χ3v) is 2.08. The molecule has 0 radical (unpaired) electrons. The molecule has 0 amide bonds. The fourth-order valence-corrected chi connectivity index (χ4v) is 1.15. The number of anilines is 1. The van der Waals surface area contributed by atoms with E-state index >= 15 is 0 Å². The second kappa shape index (κ2) is 5.80. The van der Waals surface area contributed by atoms with Crippen molar-refractivity contribution in [3.63, 3.8) is 0 Å². The standard InChI is InChI=1S/C12H15N3O/c1-9(13-3)12(10(2)16)15-14-11-7-5-4-6-8-11/h4-8,14H,1-3H3/b13-9?,15-12+. The van der Waals surface area contributed by atoms with Crippen LogP contribution in [0.25, 0.3) is 0 Å². The minimum absolute atomic E-state index is 0.105. The molecule has 16 heavy (non-hydrogen) atoms. The summed E-state index contributed by atoms with van der Waals surface area (Å²) < 4.78 is 0. The molecule has 0 unspecified atom stereocenters. The molecule has 0 aliphatic rings. The highest BCUT2D eigenvalue weighted by atomic mass is 16.1. The highest BCUT2D eigenvalue weighted by Gasteiger charge is 2.08. The zero-order valence-electron chi connectivity index (χ0n) is 9.69. The maximum absolute atomic E-state index is 11.3. The van der Waals surface area contributed by atoms with E-state index in [1.165, 1.54) is 6.92 Å². The van der Waals surface area contributed by atoms with Crippen LogP contribution in [0.2, 0.25) is 0 Å². The van der Waals surface area contributed by atoms with Crippen LogP contribution in [0.3, 0.4) is 0 Å². The molecule has 0 fully saturated rings. The number of ketones is 1. The lowest BCUT2D eigenvalue weighted by molar-refractivity contribution is -0.110. The number of benzene rings is 1. The van der Waals surface area contributed by atoms with Gasteiger partial charge in [0, 0.05) is 14.0 Å². The molecule has 1 N–H and O–H groups in total. The second-order valence-corrected chi connectivity index (χ2v) is 3.30. The zero-order chi connectivity index (χ0) is 12.0. The van der Waals surface area contributed by atoms with Crippen molar-refractivity contribution < 1.29 is 4.79 Å². The van der Waals surface area contributed by atoms with E-state index in [-0.39, 0.29) is 5.78 Å². The number of hydrogen-bond acceptors (Lipinski definition) is 4. The van der Waals surface area contributed by atoms with Gasteiger partial charge in [0.1, 0.15) is 5.71 Å². The van der Waals surface area contributed by atoms with Crippen molar-refractivity contribution in [3.8, 4) is 0 Å². The molecular formula is C12H15N3O. The molecule has 4 heteroatoms. The summed E-state index contributed by atoms with van der Waals surface area (Å²) in [7, 11) is 1.64. The normalized spacial score (nSPS) is 12.4. The average molecular weight is 217 g/mol. The highest BCUT2D eigenvalue weighted by Crippen LogP contribution is 2.04. The third-order valence-electron chi connectivity index (χ3n) is 2.08. The summed E-state index contributed by atoms with van der Waals surface area (Å²) in [6.07, 6.45) is 0. The Labute approximate surface area is 95.1 Å². The third kappa shape index (κ3) is 3.31. The van der Waals surface area contributed by atoms with Crippen LogP contribution in [0.15, 0.2) is 40.4 Å². The molecule has 0 atom stereocenters. The van der Waals surface area contributed by atoms with Crippen molar-refractivity contribution >= 4 is 22.9 Å². The first-order valence-corrected chi connectivity index (χ1v) is 4.98. The summed E-state index contributed by atoms with van der Waals surface area (Å²) in [5.74, 6) is -0.105. The Balaban J connectivity index is 2.85. The van der Waals surface area contributed by atoms with Gasteiger partial charge in [0.05, 0.1) is 11.4 Å². The van der Waals surface area contributed by atoms with Crippen LogP contribution >= 0.6 is 0 Å². The van der Waals surface area contributed by atoms with Crippen LogP contribution in [0, 0.1) is 0 Å². The minimum Gasteiger partial charge on any atom is -0.293 e. The van der Waals surface area contributed by atoms with Gasteiger partial charge in [-0.1, -0.05) is 18.2 Å². The number of para-hydroxylation sites is 1. The van der Waals surface area contributed by atoms with Crippen molar-refractivity contribution in [2.45, 2.75) is 13.8 Å². The highest BCUT2D eigenvalue weighted by molar-refractivity contribution is 6.66. The number of nitrogens with zero attached hydrogens (tertiary/aromatic N) is 2. The second-order valence-electron chi connectivity index (χ2n) is 3.30. The number of Topliss-reactive ketones (excluding diaryl/α,β-unsaturated/α-hetero) is 1. The fraction of sp³-hybridized carbons (Fsp3) is 0.250. The Hall–Kier alpha value is -1.97. The summed E-state index contributed by atoms with van der Waals surface area (Å²) in [5.41, 5.74) is 4.64. The average Bonchev–Trinajstić information content (AvgIpc) is 2.30. The molecule has 1 rings (SSSR count). The molecule has 1 aromatic rings. The van der Waals surface area contributed by atoms with Gasteiger partial charge < -0.3 is 0 Å². The smallest absolute Gasteiger partial charge is 0.181 e. The van der Waals surface area contributed by atoms with Crippen LogP contribution in [0.5, 0.6) is 0 Å². The first-order valence-electron chi connectivity index (χ1n) is 4.98. The van der Waals surface area contributed by atoms with Crippen molar-refractivity contribution in [1.29, 1.82) is 0 Å². The molecule has 0 aliphatic carbocycles. The Bertz CT molecular complexity index is 421. The quantitative estimate of drug-likeness (QED) is 0.620. The maximum atomic E-state index is 11.3. The van der Waals surface area contributed by atoms with Gasteiger partial charge in [-0.25, -0.2) is 0 Å². The summed E-state index contributed by atoms with van der Waals surface area (Å²) in [6, 6.07) is 9.46. The molecule has 0 saturated heterocycles. The summed E-state index contributed by atoms with van der Waals surface area (Å²) in [4.78, 5) is 15.3. The first-order chi connectivity index (χ1) is 7.65. The molecule has 84 valence electrons. The Morgan fingerprint density at radius 1 is 1.19 bits per heavy atom. The van der Waals surface area contributed by atoms with E-state index in [1.54, 1.807) is 14.0 Å². The maximum Gasteiger partial charge on any atom is 0.181 e. The van der Waals surface area contributed by atoms with Gasteiger partial charge in [0.25, 0.3) is 0 Å². The van der Waals surface area contributed by atoms with Gasteiger partial charge in [0.2, 0.25) is 0 Å². The van der Waals surface area contributed by atoms with Crippen LogP contribution in [0.4, 0.5) is 5.69 Å². The molecule has 0 heterocycles. The van der Waals surface area contributed by atoms with Crippen LogP contribution < -0.4 is 5.43 Å². The van der Waals surface area contributed by atoms with Gasteiger partial charge in [-0.2, -0.15) is 5.10 Å². The van der Waals surface area contributed by atoms with Gasteiger partial charge >= 0.3 is 0 Å². The largest absolute Gasteiger partial charge is 0.293 e. The van der Waals surface area contributed by atoms with Gasteiger partial charge in [-0.05, 0) is 19.1 Å². The van der Waals surface area contributed by atoms with E-state index in [4.69, 9.17) is 0 Å². The van der Waals surface area contributed by atoms with E-state index in [9.17, 15) is 4.79 Å². The number of carbonyl (C=O) groups excluding carboxylic acids is 1. The molecule has 0 bridgehead atoms. The monoisotopic (exact) mass is 217 g/mol.